The summed E-state index contributed by atoms with van der Waals surface area (Å²) in [5, 5.41) is 12.1. The summed E-state index contributed by atoms with van der Waals surface area (Å²) in [4.78, 5) is 31.8. The predicted octanol–water partition coefficient (Wildman–Crippen LogP) is 4.53. The number of ether oxygens (including phenoxy) is 1. The van der Waals surface area contributed by atoms with Crippen molar-refractivity contribution >= 4 is 40.6 Å². The molecule has 9 heteroatoms. The fourth-order valence-electron chi connectivity index (χ4n) is 4.08. The highest BCUT2D eigenvalue weighted by molar-refractivity contribution is 6.34. The fourth-order valence-corrected chi connectivity index (χ4v) is 4.31. The third-order valence-electron chi connectivity index (χ3n) is 5.44. The van der Waals surface area contributed by atoms with Crippen molar-refractivity contribution in [1.82, 2.24) is 14.5 Å². The van der Waals surface area contributed by atoms with E-state index in [0.29, 0.717) is 11.0 Å². The molecule has 8 nitrogen and oxygen atoms in total. The van der Waals surface area contributed by atoms with Crippen LogP contribution in [0.3, 0.4) is 0 Å². The first-order chi connectivity index (χ1) is 15.5. The van der Waals surface area contributed by atoms with Crippen LogP contribution in [0.1, 0.15) is 17.0 Å². The molecule has 0 saturated heterocycles. The molecule has 0 bridgehead atoms. The Hall–Kier alpha value is -3.91. The van der Waals surface area contributed by atoms with Crippen molar-refractivity contribution in [3.63, 3.8) is 0 Å². The van der Waals surface area contributed by atoms with E-state index < -0.39 is 12.1 Å². The van der Waals surface area contributed by atoms with Crippen LogP contribution in [0.15, 0.2) is 60.8 Å². The standard InChI is InChI=1S/C23H17ClN4O4/c24-20-17-9-10-28(11-19(29)30)21(17)26-22(25-20)27-23(31)32-12-18-15-7-3-1-5-13(15)14-6-2-4-8-16(14)18/h1-10,18H,11-12H2,(H,29,30)(H,25,26,27,31). The number of fused-ring (bicyclic) bond motifs is 4. The molecule has 0 saturated carbocycles. The molecular formula is C23H17ClN4O4. The number of benzene rings is 2. The van der Waals surface area contributed by atoms with Gasteiger partial charge in [-0.3, -0.25) is 10.1 Å². The second-order valence-corrected chi connectivity index (χ2v) is 7.72. The van der Waals surface area contributed by atoms with Crippen molar-refractivity contribution in [2.24, 2.45) is 0 Å². The number of hydrogen-bond donors (Lipinski definition) is 2. The van der Waals surface area contributed by atoms with Gasteiger partial charge in [-0.1, -0.05) is 60.1 Å². The van der Waals surface area contributed by atoms with Gasteiger partial charge in [-0.2, -0.15) is 9.97 Å². The average Bonchev–Trinajstić information content (AvgIpc) is 3.31. The number of nitrogens with zero attached hydrogens (tertiary/aromatic N) is 3. The molecule has 5 rings (SSSR count). The molecular weight excluding hydrogens is 432 g/mol. The number of anilines is 1. The molecule has 0 atom stereocenters. The van der Waals surface area contributed by atoms with E-state index in [9.17, 15) is 9.59 Å². The summed E-state index contributed by atoms with van der Waals surface area (Å²) in [6.07, 6.45) is 0.829. The Balaban J connectivity index is 1.34. The molecule has 2 N–H and O–H groups in total. The van der Waals surface area contributed by atoms with Gasteiger partial charge in [0, 0.05) is 12.1 Å². The van der Waals surface area contributed by atoms with Gasteiger partial charge in [0.25, 0.3) is 0 Å². The molecule has 32 heavy (non-hydrogen) atoms. The zero-order chi connectivity index (χ0) is 22.2. The number of carbonyl (C=O) groups excluding carboxylic acids is 1. The zero-order valence-corrected chi connectivity index (χ0v) is 17.4. The van der Waals surface area contributed by atoms with Crippen molar-refractivity contribution in [1.29, 1.82) is 0 Å². The van der Waals surface area contributed by atoms with Gasteiger partial charge in [-0.15, -0.1) is 0 Å². The molecule has 160 valence electrons. The molecule has 4 aromatic rings. The lowest BCUT2D eigenvalue weighted by Gasteiger charge is -2.14. The second kappa shape index (κ2) is 7.97. The summed E-state index contributed by atoms with van der Waals surface area (Å²) in [5.41, 5.74) is 4.79. The molecule has 0 spiro atoms. The second-order valence-electron chi connectivity index (χ2n) is 7.36. The highest BCUT2D eigenvalue weighted by atomic mass is 35.5. The molecule has 1 amide bonds. The van der Waals surface area contributed by atoms with Crippen LogP contribution in [0.5, 0.6) is 0 Å². The fraction of sp³-hybridized carbons (Fsp3) is 0.130. The number of carbonyl (C=O) groups is 2. The van der Waals surface area contributed by atoms with Gasteiger partial charge in [0.05, 0.1) is 5.39 Å². The van der Waals surface area contributed by atoms with Crippen molar-refractivity contribution < 1.29 is 19.4 Å². The summed E-state index contributed by atoms with van der Waals surface area (Å²) in [7, 11) is 0. The van der Waals surface area contributed by atoms with Crippen LogP contribution < -0.4 is 5.32 Å². The van der Waals surface area contributed by atoms with Gasteiger partial charge in [-0.25, -0.2) is 4.79 Å². The third kappa shape index (κ3) is 3.54. The molecule has 0 radical (unpaired) electrons. The van der Waals surface area contributed by atoms with Crippen LogP contribution in [0.4, 0.5) is 10.7 Å². The number of carboxylic acid groups (broad SMARTS) is 1. The highest BCUT2D eigenvalue weighted by Gasteiger charge is 2.29. The van der Waals surface area contributed by atoms with Crippen molar-refractivity contribution in [3.05, 3.63) is 77.1 Å². The Morgan fingerprint density at radius 1 is 1.03 bits per heavy atom. The molecule has 2 heterocycles. The predicted molar refractivity (Wildman–Crippen MR) is 119 cm³/mol. The number of carboxylic acids is 1. The summed E-state index contributed by atoms with van der Waals surface area (Å²) < 4.78 is 6.91. The lowest BCUT2D eigenvalue weighted by atomic mass is 9.98. The molecule has 2 aromatic heterocycles. The maximum absolute atomic E-state index is 12.5. The van der Waals surface area contributed by atoms with E-state index in [-0.39, 0.29) is 30.2 Å². The van der Waals surface area contributed by atoms with Crippen LogP contribution in [-0.2, 0) is 16.1 Å². The average molecular weight is 449 g/mol. The van der Waals surface area contributed by atoms with Gasteiger partial charge in [-0.05, 0) is 28.3 Å². The number of hydrogen-bond acceptors (Lipinski definition) is 5. The third-order valence-corrected chi connectivity index (χ3v) is 5.72. The van der Waals surface area contributed by atoms with Crippen LogP contribution in [0.2, 0.25) is 5.15 Å². The van der Waals surface area contributed by atoms with E-state index in [4.69, 9.17) is 21.4 Å². The molecule has 1 aliphatic rings. The largest absolute Gasteiger partial charge is 0.480 e. The van der Waals surface area contributed by atoms with Crippen molar-refractivity contribution in [3.8, 4) is 11.1 Å². The minimum atomic E-state index is -1.02. The van der Waals surface area contributed by atoms with Crippen molar-refractivity contribution in [2.45, 2.75) is 12.5 Å². The molecule has 0 fully saturated rings. The van der Waals surface area contributed by atoms with Crippen LogP contribution in [-0.4, -0.2) is 38.3 Å². The van der Waals surface area contributed by atoms with E-state index in [1.165, 1.54) is 4.57 Å². The molecule has 2 aromatic carbocycles. The van der Waals surface area contributed by atoms with E-state index in [2.05, 4.69) is 27.4 Å². The first-order valence-corrected chi connectivity index (χ1v) is 10.2. The van der Waals surface area contributed by atoms with Gasteiger partial charge in [0.2, 0.25) is 5.95 Å². The minimum absolute atomic E-state index is 0.0648. The topological polar surface area (TPSA) is 106 Å². The van der Waals surface area contributed by atoms with Crippen LogP contribution >= 0.6 is 11.6 Å². The SMILES string of the molecule is O=C(O)Cn1ccc2c(Cl)nc(NC(=O)OCC3c4ccccc4-c4ccccc43)nc21. The van der Waals surface area contributed by atoms with E-state index >= 15 is 0 Å². The Bertz CT molecular complexity index is 1320. The van der Waals surface area contributed by atoms with Gasteiger partial charge in [0.1, 0.15) is 24.0 Å². The van der Waals surface area contributed by atoms with Crippen LogP contribution in [0.25, 0.3) is 22.2 Å². The highest BCUT2D eigenvalue weighted by Crippen LogP contribution is 2.44. The number of rotatable bonds is 5. The zero-order valence-electron chi connectivity index (χ0n) is 16.7. The first-order valence-electron chi connectivity index (χ1n) is 9.87. The van der Waals surface area contributed by atoms with Crippen molar-refractivity contribution in [2.75, 3.05) is 11.9 Å². The smallest absolute Gasteiger partial charge is 0.414 e. The normalized spacial score (nSPS) is 12.4. The Labute approximate surface area is 187 Å². The first kappa shape index (κ1) is 20.0. The van der Waals surface area contributed by atoms with E-state index in [1.807, 2.05) is 36.4 Å². The Morgan fingerprint density at radius 3 is 2.34 bits per heavy atom. The van der Waals surface area contributed by atoms with Gasteiger partial charge in [0.15, 0.2) is 0 Å². The van der Waals surface area contributed by atoms with Gasteiger partial charge < -0.3 is 14.4 Å². The molecule has 1 aliphatic carbocycles. The maximum Gasteiger partial charge on any atom is 0.414 e. The summed E-state index contributed by atoms with van der Waals surface area (Å²) in [6, 6.07) is 17.7. The lowest BCUT2D eigenvalue weighted by molar-refractivity contribution is -0.137. The quantitative estimate of drug-likeness (QED) is 0.434. The number of amides is 1. The number of aromatic nitrogens is 3. The maximum atomic E-state index is 12.5. The number of nitrogens with one attached hydrogen (secondary N) is 1. The van der Waals surface area contributed by atoms with E-state index in [0.717, 1.165) is 22.3 Å². The van der Waals surface area contributed by atoms with Crippen LogP contribution in [0, 0.1) is 0 Å². The summed E-state index contributed by atoms with van der Waals surface area (Å²) >= 11 is 6.18. The summed E-state index contributed by atoms with van der Waals surface area (Å²) in [6.45, 7) is -0.146. The number of aliphatic carboxylic acids is 1. The minimum Gasteiger partial charge on any atom is -0.480 e. The Kier molecular flexibility index (Phi) is 4.99. The Morgan fingerprint density at radius 2 is 1.69 bits per heavy atom. The molecule has 0 unspecified atom stereocenters. The number of halogens is 1. The lowest BCUT2D eigenvalue weighted by Crippen LogP contribution is -2.19. The monoisotopic (exact) mass is 448 g/mol. The molecule has 0 aliphatic heterocycles. The summed E-state index contributed by atoms with van der Waals surface area (Å²) in [5.74, 6) is -1.17. The van der Waals surface area contributed by atoms with Gasteiger partial charge >= 0.3 is 12.1 Å². The van der Waals surface area contributed by atoms with E-state index in [1.54, 1.807) is 12.3 Å².